The van der Waals surface area contributed by atoms with Gasteiger partial charge in [0.2, 0.25) is 5.88 Å². The number of aryl methyl sites for hydroxylation is 2. The Labute approximate surface area is 123 Å². The Bertz CT molecular complexity index is 779. The summed E-state index contributed by atoms with van der Waals surface area (Å²) in [4.78, 5) is 4.63. The number of hydrogen-bond acceptors (Lipinski definition) is 4. The van der Waals surface area contributed by atoms with Gasteiger partial charge in [-0.05, 0) is 26.1 Å². The molecule has 0 spiro atoms. The third-order valence-electron chi connectivity index (χ3n) is 3.26. The zero-order valence-electron chi connectivity index (χ0n) is 12.4. The number of ether oxygens (including phenoxy) is 1. The molecule has 0 fully saturated rings. The summed E-state index contributed by atoms with van der Waals surface area (Å²) in [5, 5.41) is 8.43. The van der Waals surface area contributed by atoms with Crippen molar-refractivity contribution in [1.82, 2.24) is 20.1 Å². The van der Waals surface area contributed by atoms with Gasteiger partial charge in [0.15, 0.2) is 0 Å². The third-order valence-corrected chi connectivity index (χ3v) is 3.26. The van der Waals surface area contributed by atoms with Crippen molar-refractivity contribution in [3.05, 3.63) is 47.8 Å². The van der Waals surface area contributed by atoms with E-state index in [-0.39, 0.29) is 0 Å². The molecule has 5 nitrogen and oxygen atoms in total. The highest BCUT2D eigenvalue weighted by Crippen LogP contribution is 2.30. The Morgan fingerprint density at radius 1 is 1.24 bits per heavy atom. The number of benzene rings is 1. The van der Waals surface area contributed by atoms with Crippen LogP contribution in [-0.2, 0) is 13.6 Å². The van der Waals surface area contributed by atoms with Gasteiger partial charge in [0, 0.05) is 31.1 Å². The van der Waals surface area contributed by atoms with Gasteiger partial charge in [-0.1, -0.05) is 12.1 Å². The summed E-state index contributed by atoms with van der Waals surface area (Å²) < 4.78 is 7.80. The molecule has 0 amide bonds. The number of fused-ring (bicyclic) bond motifs is 1. The quantitative estimate of drug-likeness (QED) is 0.799. The Morgan fingerprint density at radius 2 is 2.05 bits per heavy atom. The standard InChI is InChI=1S/C16H18N4O/c1-11-8-16(20(3)19-11)21-15-9-12(10-17-2)18-14-7-5-4-6-13(14)15/h4-9,17H,10H2,1-3H3. The number of pyridine rings is 1. The summed E-state index contributed by atoms with van der Waals surface area (Å²) in [5.74, 6) is 1.52. The Balaban J connectivity index is 2.09. The minimum atomic E-state index is 0.700. The molecule has 2 heterocycles. The van der Waals surface area contributed by atoms with E-state index in [9.17, 15) is 0 Å². The predicted molar refractivity (Wildman–Crippen MR) is 82.5 cm³/mol. The second-order valence-electron chi connectivity index (χ2n) is 5.01. The van der Waals surface area contributed by atoms with Crippen LogP contribution in [0.3, 0.4) is 0 Å². The first-order valence-corrected chi connectivity index (χ1v) is 6.89. The van der Waals surface area contributed by atoms with Crippen molar-refractivity contribution in [1.29, 1.82) is 0 Å². The van der Waals surface area contributed by atoms with Crippen LogP contribution >= 0.6 is 0 Å². The SMILES string of the molecule is CNCc1cc(Oc2cc(C)nn2C)c2ccccc2n1. The summed E-state index contributed by atoms with van der Waals surface area (Å²) in [6, 6.07) is 11.9. The first-order chi connectivity index (χ1) is 10.2. The van der Waals surface area contributed by atoms with Gasteiger partial charge in [-0.15, -0.1) is 0 Å². The highest BCUT2D eigenvalue weighted by Gasteiger charge is 2.10. The Hall–Kier alpha value is -2.40. The van der Waals surface area contributed by atoms with Gasteiger partial charge in [-0.2, -0.15) is 5.10 Å². The average Bonchev–Trinajstić information content (AvgIpc) is 2.77. The minimum Gasteiger partial charge on any atom is -0.439 e. The van der Waals surface area contributed by atoms with E-state index in [0.717, 1.165) is 33.9 Å². The van der Waals surface area contributed by atoms with Gasteiger partial charge in [0.25, 0.3) is 0 Å². The number of nitrogens with zero attached hydrogens (tertiary/aromatic N) is 3. The Kier molecular flexibility index (Phi) is 3.58. The van der Waals surface area contributed by atoms with Gasteiger partial charge >= 0.3 is 0 Å². The van der Waals surface area contributed by atoms with Gasteiger partial charge in [-0.3, -0.25) is 4.98 Å². The molecule has 3 aromatic rings. The van der Waals surface area contributed by atoms with E-state index < -0.39 is 0 Å². The van der Waals surface area contributed by atoms with E-state index in [0.29, 0.717) is 6.54 Å². The second-order valence-corrected chi connectivity index (χ2v) is 5.01. The molecule has 0 unspecified atom stereocenters. The molecule has 0 aliphatic rings. The van der Waals surface area contributed by atoms with Crippen LogP contribution in [0.5, 0.6) is 11.6 Å². The van der Waals surface area contributed by atoms with Crippen LogP contribution in [0.4, 0.5) is 0 Å². The molecule has 0 atom stereocenters. The van der Waals surface area contributed by atoms with Crippen LogP contribution in [0.1, 0.15) is 11.4 Å². The van der Waals surface area contributed by atoms with E-state index in [1.165, 1.54) is 0 Å². The molecule has 0 saturated carbocycles. The number of para-hydroxylation sites is 1. The zero-order chi connectivity index (χ0) is 14.8. The smallest absolute Gasteiger partial charge is 0.217 e. The highest BCUT2D eigenvalue weighted by atomic mass is 16.5. The number of rotatable bonds is 4. The average molecular weight is 282 g/mol. The predicted octanol–water partition coefficient (Wildman–Crippen LogP) is 2.79. The van der Waals surface area contributed by atoms with Gasteiger partial charge in [-0.25, -0.2) is 4.68 Å². The largest absolute Gasteiger partial charge is 0.439 e. The molecule has 0 bridgehead atoms. The minimum absolute atomic E-state index is 0.700. The van der Waals surface area contributed by atoms with Crippen LogP contribution in [0, 0.1) is 6.92 Å². The third kappa shape index (κ3) is 2.73. The fraction of sp³-hybridized carbons (Fsp3) is 0.250. The summed E-state index contributed by atoms with van der Waals surface area (Å²) >= 11 is 0. The van der Waals surface area contributed by atoms with Crippen molar-refractivity contribution in [2.75, 3.05) is 7.05 Å². The van der Waals surface area contributed by atoms with E-state index in [2.05, 4.69) is 15.4 Å². The maximum absolute atomic E-state index is 6.06. The van der Waals surface area contributed by atoms with E-state index in [1.807, 2.05) is 57.4 Å². The molecule has 0 radical (unpaired) electrons. The molecular formula is C16H18N4O. The summed E-state index contributed by atoms with van der Waals surface area (Å²) in [6.45, 7) is 2.65. The van der Waals surface area contributed by atoms with Crippen LogP contribution in [0.15, 0.2) is 36.4 Å². The summed E-state index contributed by atoms with van der Waals surface area (Å²) in [6.07, 6.45) is 0. The molecule has 5 heteroatoms. The lowest BCUT2D eigenvalue weighted by Crippen LogP contribution is -2.07. The van der Waals surface area contributed by atoms with Gasteiger partial charge in [0.05, 0.1) is 16.9 Å². The fourth-order valence-electron chi connectivity index (χ4n) is 2.35. The highest BCUT2D eigenvalue weighted by molar-refractivity contribution is 5.85. The van der Waals surface area contributed by atoms with Crippen molar-refractivity contribution in [2.24, 2.45) is 7.05 Å². The Morgan fingerprint density at radius 3 is 2.76 bits per heavy atom. The molecule has 0 saturated heterocycles. The molecule has 1 aromatic carbocycles. The van der Waals surface area contributed by atoms with Crippen LogP contribution < -0.4 is 10.1 Å². The summed E-state index contributed by atoms with van der Waals surface area (Å²) in [7, 11) is 3.78. The van der Waals surface area contributed by atoms with Gasteiger partial charge < -0.3 is 10.1 Å². The van der Waals surface area contributed by atoms with Crippen molar-refractivity contribution in [3.63, 3.8) is 0 Å². The molecule has 2 aromatic heterocycles. The maximum Gasteiger partial charge on any atom is 0.217 e. The molecule has 108 valence electrons. The van der Waals surface area contributed by atoms with Crippen molar-refractivity contribution in [3.8, 4) is 11.6 Å². The van der Waals surface area contributed by atoms with Crippen LogP contribution in [0.25, 0.3) is 10.9 Å². The van der Waals surface area contributed by atoms with Crippen molar-refractivity contribution in [2.45, 2.75) is 13.5 Å². The lowest BCUT2D eigenvalue weighted by molar-refractivity contribution is 0.434. The molecule has 0 aliphatic heterocycles. The normalized spacial score (nSPS) is 11.0. The fourth-order valence-corrected chi connectivity index (χ4v) is 2.35. The monoisotopic (exact) mass is 282 g/mol. The molecule has 0 aliphatic carbocycles. The van der Waals surface area contributed by atoms with Crippen molar-refractivity contribution < 1.29 is 4.74 Å². The van der Waals surface area contributed by atoms with Gasteiger partial charge in [0.1, 0.15) is 5.75 Å². The van der Waals surface area contributed by atoms with E-state index in [4.69, 9.17) is 4.74 Å². The van der Waals surface area contributed by atoms with Crippen molar-refractivity contribution >= 4 is 10.9 Å². The molecule has 1 N–H and O–H groups in total. The van der Waals surface area contributed by atoms with Crippen LogP contribution in [0.2, 0.25) is 0 Å². The van der Waals surface area contributed by atoms with Crippen LogP contribution in [-0.4, -0.2) is 21.8 Å². The first-order valence-electron chi connectivity index (χ1n) is 6.89. The van der Waals surface area contributed by atoms with E-state index in [1.54, 1.807) is 4.68 Å². The first kappa shape index (κ1) is 13.6. The zero-order valence-corrected chi connectivity index (χ0v) is 12.4. The molecule has 3 rings (SSSR count). The topological polar surface area (TPSA) is 52.0 Å². The second kappa shape index (κ2) is 5.54. The molecule has 21 heavy (non-hydrogen) atoms. The molecular weight excluding hydrogens is 264 g/mol. The number of nitrogens with one attached hydrogen (secondary N) is 1. The lowest BCUT2D eigenvalue weighted by atomic mass is 10.2. The number of aromatic nitrogens is 3. The summed E-state index contributed by atoms with van der Waals surface area (Å²) in [5.41, 5.74) is 2.81. The van der Waals surface area contributed by atoms with E-state index >= 15 is 0 Å². The lowest BCUT2D eigenvalue weighted by Gasteiger charge is -2.11. The number of hydrogen-bond donors (Lipinski definition) is 1. The maximum atomic E-state index is 6.06.